The molecule has 1 fully saturated rings. The number of rotatable bonds is 7. The van der Waals surface area contributed by atoms with Crippen LogP contribution in [0.15, 0.2) is 23.1 Å². The molecule has 2 amide bonds. The number of thioether (sulfide) groups is 1. The van der Waals surface area contributed by atoms with E-state index in [1.165, 1.54) is 12.0 Å². The Morgan fingerprint density at radius 3 is 2.70 bits per heavy atom. The molecule has 1 aromatic rings. The Balaban J connectivity index is 2.32. The molecule has 1 aliphatic rings. The lowest BCUT2D eigenvalue weighted by Crippen LogP contribution is -2.31. The number of carbonyl (C=O) groups is 2. The van der Waals surface area contributed by atoms with E-state index < -0.39 is 0 Å². The first kappa shape index (κ1) is 17.4. The molecule has 7 heteroatoms. The third-order valence-corrected chi connectivity index (χ3v) is 4.10. The van der Waals surface area contributed by atoms with Gasteiger partial charge in [0.2, 0.25) is 0 Å². The predicted octanol–water partition coefficient (Wildman–Crippen LogP) is 2.78. The van der Waals surface area contributed by atoms with Crippen molar-refractivity contribution in [2.24, 2.45) is 0 Å². The third kappa shape index (κ3) is 3.86. The summed E-state index contributed by atoms with van der Waals surface area (Å²) in [6.07, 6.45) is 1.66. The van der Waals surface area contributed by atoms with E-state index in [1.807, 2.05) is 19.1 Å². The summed E-state index contributed by atoms with van der Waals surface area (Å²) in [5.41, 5.74) is 0.698. The first-order valence-electron chi connectivity index (χ1n) is 7.16. The molecule has 2 rings (SSSR count). The fourth-order valence-corrected chi connectivity index (χ4v) is 2.98. The summed E-state index contributed by atoms with van der Waals surface area (Å²) in [6, 6.07) is 5.41. The Bertz CT molecular complexity index is 629. The summed E-state index contributed by atoms with van der Waals surface area (Å²) in [6.45, 7) is 2.90. The van der Waals surface area contributed by atoms with E-state index >= 15 is 0 Å². The fraction of sp³-hybridized carbons (Fsp3) is 0.375. The van der Waals surface area contributed by atoms with Gasteiger partial charge < -0.3 is 14.2 Å². The third-order valence-electron chi connectivity index (χ3n) is 3.20. The molecule has 1 saturated heterocycles. The zero-order chi connectivity index (χ0) is 16.8. The van der Waals surface area contributed by atoms with Crippen LogP contribution in [0.4, 0.5) is 4.79 Å². The van der Waals surface area contributed by atoms with Crippen LogP contribution in [0.25, 0.3) is 6.08 Å². The van der Waals surface area contributed by atoms with Gasteiger partial charge in [0.1, 0.15) is 0 Å². The second-order valence-corrected chi connectivity index (χ2v) is 5.63. The minimum absolute atomic E-state index is 0.245. The van der Waals surface area contributed by atoms with Crippen LogP contribution < -0.4 is 9.47 Å². The number of hydrogen-bond donors (Lipinski definition) is 0. The van der Waals surface area contributed by atoms with Gasteiger partial charge >= 0.3 is 0 Å². The van der Waals surface area contributed by atoms with E-state index in [-0.39, 0.29) is 17.7 Å². The van der Waals surface area contributed by atoms with Crippen molar-refractivity contribution in [3.8, 4) is 11.5 Å². The van der Waals surface area contributed by atoms with Crippen LogP contribution in [0.3, 0.4) is 0 Å². The molecule has 6 nitrogen and oxygen atoms in total. The smallest absolute Gasteiger partial charge is 0.293 e. The van der Waals surface area contributed by atoms with Gasteiger partial charge in [-0.15, -0.1) is 0 Å². The largest absolute Gasteiger partial charge is 0.493 e. The van der Waals surface area contributed by atoms with Crippen LogP contribution in [0.1, 0.15) is 12.5 Å². The topological polar surface area (TPSA) is 65.1 Å². The Morgan fingerprint density at radius 1 is 1.26 bits per heavy atom. The van der Waals surface area contributed by atoms with Crippen molar-refractivity contribution in [1.29, 1.82) is 0 Å². The van der Waals surface area contributed by atoms with Gasteiger partial charge in [-0.25, -0.2) is 0 Å². The number of para-hydroxylation sites is 1. The molecule has 0 aliphatic carbocycles. The number of amides is 2. The van der Waals surface area contributed by atoms with Gasteiger partial charge in [-0.1, -0.05) is 12.1 Å². The van der Waals surface area contributed by atoms with E-state index in [2.05, 4.69) is 0 Å². The molecule has 1 heterocycles. The van der Waals surface area contributed by atoms with E-state index in [9.17, 15) is 9.59 Å². The quantitative estimate of drug-likeness (QED) is 0.713. The van der Waals surface area contributed by atoms with Crippen LogP contribution in [-0.4, -0.2) is 50.0 Å². The van der Waals surface area contributed by atoms with Crippen LogP contribution in [0, 0.1) is 0 Å². The summed E-state index contributed by atoms with van der Waals surface area (Å²) < 4.78 is 15.8. The highest BCUT2D eigenvalue weighted by molar-refractivity contribution is 8.18. The highest BCUT2D eigenvalue weighted by atomic mass is 32.2. The number of methoxy groups -OCH3 is 2. The molecule has 0 aromatic heterocycles. The Morgan fingerprint density at radius 2 is 2.04 bits per heavy atom. The van der Waals surface area contributed by atoms with Crippen LogP contribution in [0.2, 0.25) is 0 Å². The van der Waals surface area contributed by atoms with Crippen molar-refractivity contribution in [3.63, 3.8) is 0 Å². The molecule has 0 saturated carbocycles. The maximum Gasteiger partial charge on any atom is 0.293 e. The number of benzene rings is 1. The highest BCUT2D eigenvalue weighted by Gasteiger charge is 2.34. The SMILES string of the molecule is CCOc1c(/C=C2/SC(=O)N(CCOC)C2=O)cccc1OC. The van der Waals surface area contributed by atoms with E-state index in [4.69, 9.17) is 14.2 Å². The average molecular weight is 337 g/mol. The second kappa shape index (κ2) is 8.03. The molecule has 0 spiro atoms. The second-order valence-electron chi connectivity index (χ2n) is 4.64. The Kier molecular flexibility index (Phi) is 6.06. The Labute approximate surface area is 139 Å². The van der Waals surface area contributed by atoms with Crippen molar-refractivity contribution in [1.82, 2.24) is 4.90 Å². The maximum atomic E-state index is 12.3. The molecule has 0 atom stereocenters. The molecule has 0 unspecified atom stereocenters. The van der Waals surface area contributed by atoms with E-state index in [0.717, 1.165) is 11.8 Å². The van der Waals surface area contributed by atoms with Crippen molar-refractivity contribution < 1.29 is 23.8 Å². The van der Waals surface area contributed by atoms with Gasteiger partial charge in [0.25, 0.3) is 11.1 Å². The number of ether oxygens (including phenoxy) is 3. The van der Waals surface area contributed by atoms with Gasteiger partial charge in [0, 0.05) is 12.7 Å². The normalized spacial score (nSPS) is 16.3. The standard InChI is InChI=1S/C16H19NO5S/c1-4-22-14-11(6-5-7-12(14)21-3)10-13-15(18)17(8-9-20-2)16(19)23-13/h5-7,10H,4,8-9H2,1-3H3/b13-10+. The lowest BCUT2D eigenvalue weighted by atomic mass is 10.1. The molecule has 0 bridgehead atoms. The summed E-state index contributed by atoms with van der Waals surface area (Å²) in [5.74, 6) is 0.822. The molecule has 1 aliphatic heterocycles. The summed E-state index contributed by atoms with van der Waals surface area (Å²) >= 11 is 0.914. The van der Waals surface area contributed by atoms with Crippen molar-refractivity contribution in [3.05, 3.63) is 28.7 Å². The van der Waals surface area contributed by atoms with Crippen molar-refractivity contribution in [2.75, 3.05) is 34.0 Å². The van der Waals surface area contributed by atoms with Gasteiger partial charge in [-0.05, 0) is 30.8 Å². The molecule has 124 valence electrons. The number of hydrogen-bond acceptors (Lipinski definition) is 6. The molecular weight excluding hydrogens is 318 g/mol. The highest BCUT2D eigenvalue weighted by Crippen LogP contribution is 2.37. The predicted molar refractivity (Wildman–Crippen MR) is 88.7 cm³/mol. The van der Waals surface area contributed by atoms with E-state index in [0.29, 0.717) is 35.2 Å². The number of carbonyl (C=O) groups excluding carboxylic acids is 2. The van der Waals surface area contributed by atoms with E-state index in [1.54, 1.807) is 19.3 Å². The van der Waals surface area contributed by atoms with Gasteiger partial charge in [0.15, 0.2) is 11.5 Å². The first-order valence-corrected chi connectivity index (χ1v) is 7.98. The fourth-order valence-electron chi connectivity index (χ4n) is 2.12. The maximum absolute atomic E-state index is 12.3. The first-order chi connectivity index (χ1) is 11.1. The molecular formula is C16H19NO5S. The van der Waals surface area contributed by atoms with Crippen LogP contribution in [-0.2, 0) is 9.53 Å². The zero-order valence-corrected chi connectivity index (χ0v) is 14.1. The lowest BCUT2D eigenvalue weighted by molar-refractivity contribution is -0.123. The number of nitrogens with zero attached hydrogens (tertiary/aromatic N) is 1. The minimum Gasteiger partial charge on any atom is -0.493 e. The summed E-state index contributed by atoms with van der Waals surface area (Å²) in [7, 11) is 3.08. The molecule has 0 radical (unpaired) electrons. The van der Waals surface area contributed by atoms with Crippen molar-refractivity contribution >= 4 is 29.0 Å². The van der Waals surface area contributed by atoms with Gasteiger partial charge in [-0.2, -0.15) is 0 Å². The number of imide groups is 1. The van der Waals surface area contributed by atoms with Crippen LogP contribution in [0.5, 0.6) is 11.5 Å². The Hall–Kier alpha value is -1.99. The monoisotopic (exact) mass is 337 g/mol. The summed E-state index contributed by atoms with van der Waals surface area (Å²) in [5, 5.41) is -0.292. The minimum atomic E-state index is -0.317. The van der Waals surface area contributed by atoms with Crippen molar-refractivity contribution in [2.45, 2.75) is 6.92 Å². The average Bonchev–Trinajstić information content (AvgIpc) is 2.81. The zero-order valence-electron chi connectivity index (χ0n) is 13.3. The van der Waals surface area contributed by atoms with Crippen LogP contribution >= 0.6 is 11.8 Å². The molecule has 0 N–H and O–H groups in total. The molecule has 23 heavy (non-hydrogen) atoms. The summed E-state index contributed by atoms with van der Waals surface area (Å²) in [4.78, 5) is 25.8. The molecule has 1 aromatic carbocycles. The lowest BCUT2D eigenvalue weighted by Gasteiger charge is -2.12. The van der Waals surface area contributed by atoms with Gasteiger partial charge in [0.05, 0.1) is 31.8 Å². The van der Waals surface area contributed by atoms with Gasteiger partial charge in [-0.3, -0.25) is 14.5 Å².